The van der Waals surface area contributed by atoms with E-state index < -0.39 is 5.97 Å². The molecule has 0 bridgehead atoms. The number of aromatic nitrogens is 1. The summed E-state index contributed by atoms with van der Waals surface area (Å²) in [6.07, 6.45) is 6.52. The van der Waals surface area contributed by atoms with Gasteiger partial charge in [0.1, 0.15) is 0 Å². The number of rotatable bonds is 2. The largest absolute Gasteiger partial charge is 0.478 e. The van der Waals surface area contributed by atoms with Crippen molar-refractivity contribution in [2.24, 2.45) is 0 Å². The smallest absolute Gasteiger partial charge is 0.335 e. The predicted octanol–water partition coefficient (Wildman–Crippen LogP) is 3.61. The number of carboxylic acid groups (broad SMARTS) is 1. The molecule has 1 N–H and O–H groups in total. The van der Waals surface area contributed by atoms with Crippen molar-refractivity contribution in [3.63, 3.8) is 0 Å². The average Bonchev–Trinajstić information content (AvgIpc) is 2.88. The first kappa shape index (κ1) is 13.3. The molecule has 0 unspecified atom stereocenters. The molecule has 2 aliphatic rings. The number of carbonyl (C=O) groups is 1. The summed E-state index contributed by atoms with van der Waals surface area (Å²) in [4.78, 5) is 15.6. The van der Waals surface area contributed by atoms with Crippen molar-refractivity contribution in [1.82, 2.24) is 4.98 Å². The van der Waals surface area contributed by atoms with E-state index in [1.807, 2.05) is 0 Å². The van der Waals surface area contributed by atoms with E-state index in [-0.39, 0.29) is 4.08 Å². The third-order valence-electron chi connectivity index (χ3n) is 3.96. The van der Waals surface area contributed by atoms with E-state index in [2.05, 4.69) is 28.5 Å². The molecule has 19 heavy (non-hydrogen) atoms. The van der Waals surface area contributed by atoms with Crippen molar-refractivity contribution in [3.8, 4) is 0 Å². The van der Waals surface area contributed by atoms with Crippen molar-refractivity contribution in [2.45, 2.75) is 35.7 Å². The number of nitrogens with zero attached hydrogens (tertiary/aromatic N) is 1. The molecule has 1 spiro atoms. The molecule has 0 amide bonds. The molecule has 0 radical (unpaired) electrons. The highest BCUT2D eigenvalue weighted by Crippen LogP contribution is 2.59. The van der Waals surface area contributed by atoms with Crippen LogP contribution in [0.1, 0.15) is 47.7 Å². The summed E-state index contributed by atoms with van der Waals surface area (Å²) in [7, 11) is 0. The SMILES string of the molecule is O=C(O)c1ccnc([C@H]2CCCCC23SCCS3)c1. The summed E-state index contributed by atoms with van der Waals surface area (Å²) in [5.41, 5.74) is 1.33. The van der Waals surface area contributed by atoms with Crippen molar-refractivity contribution in [3.05, 3.63) is 29.6 Å². The van der Waals surface area contributed by atoms with Gasteiger partial charge in [-0.1, -0.05) is 12.8 Å². The van der Waals surface area contributed by atoms with E-state index in [1.54, 1.807) is 18.3 Å². The maximum atomic E-state index is 11.1. The Morgan fingerprint density at radius 2 is 2.16 bits per heavy atom. The van der Waals surface area contributed by atoms with Crippen molar-refractivity contribution < 1.29 is 9.90 Å². The molecule has 1 saturated carbocycles. The Labute approximate surface area is 121 Å². The lowest BCUT2D eigenvalue weighted by molar-refractivity contribution is 0.0696. The predicted molar refractivity (Wildman–Crippen MR) is 80.1 cm³/mol. The van der Waals surface area contributed by atoms with E-state index in [9.17, 15) is 4.79 Å². The lowest BCUT2D eigenvalue weighted by atomic mass is 9.85. The van der Waals surface area contributed by atoms with Crippen LogP contribution in [-0.4, -0.2) is 31.6 Å². The van der Waals surface area contributed by atoms with Crippen LogP contribution >= 0.6 is 23.5 Å². The lowest BCUT2D eigenvalue weighted by Gasteiger charge is -2.39. The molecule has 1 aliphatic heterocycles. The van der Waals surface area contributed by atoms with Crippen LogP contribution in [-0.2, 0) is 0 Å². The Morgan fingerprint density at radius 1 is 1.37 bits per heavy atom. The van der Waals surface area contributed by atoms with Crippen LogP contribution in [0.25, 0.3) is 0 Å². The highest BCUT2D eigenvalue weighted by molar-refractivity contribution is 8.21. The minimum absolute atomic E-state index is 0.252. The molecule has 3 nitrogen and oxygen atoms in total. The van der Waals surface area contributed by atoms with Gasteiger partial charge in [-0.25, -0.2) is 4.79 Å². The van der Waals surface area contributed by atoms with Gasteiger partial charge in [-0.15, -0.1) is 23.5 Å². The van der Waals surface area contributed by atoms with Crippen molar-refractivity contribution in [2.75, 3.05) is 11.5 Å². The third kappa shape index (κ3) is 2.50. The van der Waals surface area contributed by atoms with E-state index in [0.29, 0.717) is 11.5 Å². The second-order valence-electron chi connectivity index (χ2n) is 5.08. The molecule has 1 saturated heterocycles. The average molecular weight is 295 g/mol. The molecule has 1 aliphatic carbocycles. The molecule has 2 fully saturated rings. The molecule has 2 heterocycles. The van der Waals surface area contributed by atoms with Crippen LogP contribution in [0.15, 0.2) is 18.3 Å². The molecule has 1 aromatic heterocycles. The number of thioether (sulfide) groups is 2. The normalized spacial score (nSPS) is 25.6. The fourth-order valence-corrected chi connectivity index (χ4v) is 6.72. The maximum Gasteiger partial charge on any atom is 0.335 e. The molecule has 1 atom stereocenters. The summed E-state index contributed by atoms with van der Waals surface area (Å²) < 4.78 is 0.252. The topological polar surface area (TPSA) is 50.2 Å². The Morgan fingerprint density at radius 3 is 2.89 bits per heavy atom. The zero-order chi connectivity index (χ0) is 13.3. The Bertz CT molecular complexity index is 486. The van der Waals surface area contributed by atoms with Gasteiger partial charge in [-0.2, -0.15) is 0 Å². The quantitative estimate of drug-likeness (QED) is 0.903. The van der Waals surface area contributed by atoms with E-state index in [4.69, 9.17) is 5.11 Å². The van der Waals surface area contributed by atoms with Gasteiger partial charge in [-0.3, -0.25) is 4.98 Å². The van der Waals surface area contributed by atoms with E-state index in [0.717, 1.165) is 12.1 Å². The monoisotopic (exact) mass is 295 g/mol. The van der Waals surface area contributed by atoms with Crippen LogP contribution in [0.3, 0.4) is 0 Å². The van der Waals surface area contributed by atoms with Crippen LogP contribution in [0.2, 0.25) is 0 Å². The van der Waals surface area contributed by atoms with Crippen LogP contribution < -0.4 is 0 Å². The van der Waals surface area contributed by atoms with Crippen molar-refractivity contribution >= 4 is 29.5 Å². The minimum atomic E-state index is -0.861. The van der Waals surface area contributed by atoms with Crippen LogP contribution in [0, 0.1) is 0 Å². The molecule has 5 heteroatoms. The molecule has 102 valence electrons. The standard InChI is InChI=1S/C14H17NO2S2/c16-13(17)10-4-6-15-12(9-10)11-3-1-2-5-14(11)18-7-8-19-14/h4,6,9,11H,1-3,5,7-8H2,(H,16,17)/t11-/m1/s1. The zero-order valence-electron chi connectivity index (χ0n) is 10.7. The molecule has 1 aromatic rings. The van der Waals surface area contributed by atoms with Gasteiger partial charge >= 0.3 is 5.97 Å². The summed E-state index contributed by atoms with van der Waals surface area (Å²) in [6, 6.07) is 3.36. The second-order valence-corrected chi connectivity index (χ2v) is 8.19. The summed E-state index contributed by atoms with van der Waals surface area (Å²) in [6.45, 7) is 0. The number of carboxylic acids is 1. The number of pyridine rings is 1. The van der Waals surface area contributed by atoms with Gasteiger partial charge in [0.15, 0.2) is 0 Å². The fraction of sp³-hybridized carbons (Fsp3) is 0.571. The third-order valence-corrected chi connectivity index (χ3v) is 7.70. The summed E-state index contributed by atoms with van der Waals surface area (Å²) in [5.74, 6) is 1.96. The Balaban J connectivity index is 1.94. The summed E-state index contributed by atoms with van der Waals surface area (Å²) in [5, 5.41) is 9.13. The first-order chi connectivity index (χ1) is 9.21. The fourth-order valence-electron chi connectivity index (χ4n) is 3.08. The van der Waals surface area contributed by atoms with E-state index in [1.165, 1.54) is 30.8 Å². The second kappa shape index (κ2) is 5.37. The number of hydrogen-bond acceptors (Lipinski definition) is 4. The number of hydrogen-bond donors (Lipinski definition) is 1. The molecule has 0 aromatic carbocycles. The van der Waals surface area contributed by atoms with Gasteiger partial charge in [0, 0.05) is 29.3 Å². The Kier molecular flexibility index (Phi) is 3.76. The van der Waals surface area contributed by atoms with Crippen molar-refractivity contribution in [1.29, 1.82) is 0 Å². The Hall–Kier alpha value is -0.680. The van der Waals surface area contributed by atoms with Gasteiger partial charge in [-0.05, 0) is 25.0 Å². The van der Waals surface area contributed by atoms with Crippen LogP contribution in [0.4, 0.5) is 0 Å². The first-order valence-corrected chi connectivity index (χ1v) is 8.65. The molecule has 3 rings (SSSR count). The van der Waals surface area contributed by atoms with Gasteiger partial charge in [0.25, 0.3) is 0 Å². The highest BCUT2D eigenvalue weighted by Gasteiger charge is 2.45. The van der Waals surface area contributed by atoms with Gasteiger partial charge in [0.2, 0.25) is 0 Å². The molecular formula is C14H17NO2S2. The number of aromatic carboxylic acids is 1. The molecular weight excluding hydrogens is 278 g/mol. The summed E-state index contributed by atoms with van der Waals surface area (Å²) >= 11 is 4.12. The van der Waals surface area contributed by atoms with Gasteiger partial charge < -0.3 is 5.11 Å². The van der Waals surface area contributed by atoms with Gasteiger partial charge in [0.05, 0.1) is 9.64 Å². The maximum absolute atomic E-state index is 11.1. The van der Waals surface area contributed by atoms with Crippen LogP contribution in [0.5, 0.6) is 0 Å². The minimum Gasteiger partial charge on any atom is -0.478 e. The lowest BCUT2D eigenvalue weighted by Crippen LogP contribution is -2.31. The highest BCUT2D eigenvalue weighted by atomic mass is 32.2. The first-order valence-electron chi connectivity index (χ1n) is 6.68. The zero-order valence-corrected chi connectivity index (χ0v) is 12.3. The van der Waals surface area contributed by atoms with E-state index >= 15 is 0 Å².